The van der Waals surface area contributed by atoms with Crippen molar-refractivity contribution < 1.29 is 0 Å². The zero-order valence-electron chi connectivity index (χ0n) is 25.8. The second-order valence-electron chi connectivity index (χ2n) is 12.7. The molecule has 1 atom stereocenters. The molecule has 1 spiro atoms. The molecule has 0 N–H and O–H groups in total. The Morgan fingerprint density at radius 1 is 0.479 bits per heavy atom. The van der Waals surface area contributed by atoms with Crippen LogP contribution in [0, 0.1) is 0 Å². The quantitative estimate of drug-likeness (QED) is 0.183. The van der Waals surface area contributed by atoms with Crippen LogP contribution in [0.15, 0.2) is 158 Å². The fraction of sp³-hybridized carbons (Fsp3) is 0.0227. The monoisotopic (exact) mass is 610 g/mol. The van der Waals surface area contributed by atoms with E-state index in [9.17, 15) is 0 Å². The summed E-state index contributed by atoms with van der Waals surface area (Å²) in [6.07, 6.45) is 0. The lowest BCUT2D eigenvalue weighted by Gasteiger charge is -2.27. The van der Waals surface area contributed by atoms with Crippen LogP contribution >= 0.6 is 0 Å². The Kier molecular flexibility index (Phi) is 5.01. The fourth-order valence-electron chi connectivity index (χ4n) is 8.47. The van der Waals surface area contributed by atoms with Crippen LogP contribution in [0.3, 0.4) is 0 Å². The summed E-state index contributed by atoms with van der Waals surface area (Å²) in [6.45, 7) is 0. The number of hydrogen-bond acceptors (Lipinski definition) is 3. The molecule has 1 unspecified atom stereocenters. The normalized spacial score (nSPS) is 15.6. The molecule has 1 aliphatic heterocycles. The molecule has 222 valence electrons. The highest BCUT2D eigenvalue weighted by molar-refractivity contribution is 6.10. The van der Waals surface area contributed by atoms with Crippen LogP contribution in [0.2, 0.25) is 0 Å². The molecule has 2 aliphatic rings. The third-order valence-electron chi connectivity index (χ3n) is 10.4. The number of imidazole rings is 1. The molecule has 0 amide bonds. The van der Waals surface area contributed by atoms with Gasteiger partial charge in [-0.25, -0.2) is 15.0 Å². The number of aromatic nitrogens is 4. The first-order chi connectivity index (χ1) is 23.8. The average Bonchev–Trinajstić information content (AvgIpc) is 3.78. The van der Waals surface area contributed by atoms with E-state index in [0.29, 0.717) is 0 Å². The topological polar surface area (TPSA) is 43.6 Å². The van der Waals surface area contributed by atoms with Crippen molar-refractivity contribution in [2.45, 2.75) is 5.41 Å². The highest BCUT2D eigenvalue weighted by Gasteiger charge is 2.54. The Morgan fingerprint density at radius 3 is 2.15 bits per heavy atom. The molecule has 0 saturated carbocycles. The van der Waals surface area contributed by atoms with Crippen molar-refractivity contribution in [2.24, 2.45) is 0 Å². The SMILES string of the molecule is c1ccc(-c2nc(-c3cccc4c3-c3ccccc3C43c4ccccc4-n4c3nc3ccccc34)nc3c2ccc2ccccc23)cc1. The van der Waals surface area contributed by atoms with Crippen LogP contribution in [0.5, 0.6) is 0 Å². The van der Waals surface area contributed by atoms with Crippen molar-refractivity contribution in [1.82, 2.24) is 19.5 Å². The predicted octanol–water partition coefficient (Wildman–Crippen LogP) is 10.1. The Morgan fingerprint density at radius 2 is 1.21 bits per heavy atom. The van der Waals surface area contributed by atoms with Crippen molar-refractivity contribution in [3.8, 4) is 39.5 Å². The van der Waals surface area contributed by atoms with Crippen LogP contribution in [0.1, 0.15) is 22.5 Å². The maximum absolute atomic E-state index is 5.42. The summed E-state index contributed by atoms with van der Waals surface area (Å²) >= 11 is 0. The van der Waals surface area contributed by atoms with Crippen molar-refractivity contribution in [3.05, 3.63) is 180 Å². The van der Waals surface area contributed by atoms with Gasteiger partial charge in [0.05, 0.1) is 27.9 Å². The van der Waals surface area contributed by atoms with Gasteiger partial charge in [-0.3, -0.25) is 4.57 Å². The minimum absolute atomic E-state index is 0.580. The standard InChI is InChI=1S/C44H26N4/c1-2-14-28(15-3-1)40-32-26-25-27-13-4-5-16-29(27)41(32)47-42(46-40)31-18-12-21-35-39(31)30-17-6-7-19-33(30)44(35)34-20-8-10-23-37(34)48-38-24-11-9-22-36(38)45-43(44)48/h1-26H. The summed E-state index contributed by atoms with van der Waals surface area (Å²) in [5.74, 6) is 1.75. The first kappa shape index (κ1) is 25.8. The van der Waals surface area contributed by atoms with Crippen LogP contribution in [-0.4, -0.2) is 19.5 Å². The lowest BCUT2D eigenvalue weighted by molar-refractivity contribution is 0.738. The minimum atomic E-state index is -0.580. The van der Waals surface area contributed by atoms with E-state index in [0.717, 1.165) is 61.2 Å². The Labute approximate surface area is 276 Å². The molecule has 7 aromatic carbocycles. The van der Waals surface area contributed by atoms with E-state index in [2.05, 4.69) is 162 Å². The van der Waals surface area contributed by atoms with Gasteiger partial charge in [-0.15, -0.1) is 0 Å². The van der Waals surface area contributed by atoms with Crippen LogP contribution in [0.4, 0.5) is 0 Å². The highest BCUT2D eigenvalue weighted by Crippen LogP contribution is 2.61. The molecule has 3 heterocycles. The second-order valence-corrected chi connectivity index (χ2v) is 12.7. The molecule has 48 heavy (non-hydrogen) atoms. The summed E-state index contributed by atoms with van der Waals surface area (Å²) in [5.41, 5.74) is 12.8. The van der Waals surface area contributed by atoms with Gasteiger partial charge in [-0.05, 0) is 57.5 Å². The molecular formula is C44H26N4. The number of nitrogens with zero attached hydrogens (tertiary/aromatic N) is 4. The van der Waals surface area contributed by atoms with Crippen molar-refractivity contribution in [1.29, 1.82) is 0 Å². The predicted molar refractivity (Wildman–Crippen MR) is 193 cm³/mol. The molecule has 0 fully saturated rings. The van der Waals surface area contributed by atoms with E-state index in [-0.39, 0.29) is 0 Å². The summed E-state index contributed by atoms with van der Waals surface area (Å²) in [4.78, 5) is 16.2. The Hall–Kier alpha value is -6.39. The molecule has 11 rings (SSSR count). The van der Waals surface area contributed by atoms with Gasteiger partial charge in [0.1, 0.15) is 11.2 Å². The Balaban J connectivity index is 1.27. The number of hydrogen-bond donors (Lipinski definition) is 0. The molecule has 0 radical (unpaired) electrons. The molecule has 0 bridgehead atoms. The molecule has 0 saturated heterocycles. The first-order valence-corrected chi connectivity index (χ1v) is 16.4. The van der Waals surface area contributed by atoms with Crippen LogP contribution in [-0.2, 0) is 5.41 Å². The zero-order chi connectivity index (χ0) is 31.4. The number of rotatable bonds is 2. The number of fused-ring (bicyclic) bond motifs is 15. The van der Waals surface area contributed by atoms with Gasteiger partial charge in [0.25, 0.3) is 0 Å². The third kappa shape index (κ3) is 3.16. The zero-order valence-corrected chi connectivity index (χ0v) is 25.8. The maximum Gasteiger partial charge on any atom is 0.161 e. The first-order valence-electron chi connectivity index (χ1n) is 16.4. The van der Waals surface area contributed by atoms with E-state index in [1.54, 1.807) is 0 Å². The van der Waals surface area contributed by atoms with Crippen molar-refractivity contribution >= 4 is 32.7 Å². The summed E-state index contributed by atoms with van der Waals surface area (Å²) < 4.78 is 2.37. The molecular weight excluding hydrogens is 585 g/mol. The fourth-order valence-corrected chi connectivity index (χ4v) is 8.47. The van der Waals surface area contributed by atoms with Crippen LogP contribution in [0.25, 0.3) is 72.2 Å². The smallest absolute Gasteiger partial charge is 0.161 e. The molecule has 4 nitrogen and oxygen atoms in total. The van der Waals surface area contributed by atoms with Gasteiger partial charge in [0.15, 0.2) is 5.82 Å². The van der Waals surface area contributed by atoms with E-state index in [1.165, 1.54) is 33.5 Å². The van der Waals surface area contributed by atoms with Gasteiger partial charge in [0.2, 0.25) is 0 Å². The number of benzene rings is 7. The van der Waals surface area contributed by atoms with Gasteiger partial charge < -0.3 is 0 Å². The van der Waals surface area contributed by atoms with E-state index in [1.807, 2.05) is 0 Å². The lowest BCUT2D eigenvalue weighted by atomic mass is 9.73. The average molecular weight is 611 g/mol. The summed E-state index contributed by atoms with van der Waals surface area (Å²) in [7, 11) is 0. The van der Waals surface area contributed by atoms with E-state index < -0.39 is 5.41 Å². The summed E-state index contributed by atoms with van der Waals surface area (Å²) in [5, 5.41) is 3.34. The van der Waals surface area contributed by atoms with Gasteiger partial charge in [-0.1, -0.05) is 133 Å². The molecule has 2 aromatic heterocycles. The largest absolute Gasteiger partial charge is 0.295 e. The second kappa shape index (κ2) is 9.34. The van der Waals surface area contributed by atoms with E-state index in [4.69, 9.17) is 15.0 Å². The van der Waals surface area contributed by atoms with Gasteiger partial charge >= 0.3 is 0 Å². The van der Waals surface area contributed by atoms with Crippen molar-refractivity contribution in [3.63, 3.8) is 0 Å². The third-order valence-corrected chi connectivity index (χ3v) is 10.4. The van der Waals surface area contributed by atoms with E-state index >= 15 is 0 Å². The van der Waals surface area contributed by atoms with Crippen molar-refractivity contribution in [2.75, 3.05) is 0 Å². The molecule has 1 aliphatic carbocycles. The summed E-state index contributed by atoms with van der Waals surface area (Å²) in [6, 6.07) is 56.1. The lowest BCUT2D eigenvalue weighted by Crippen LogP contribution is -2.27. The van der Waals surface area contributed by atoms with Gasteiger partial charge in [0, 0.05) is 21.9 Å². The van der Waals surface area contributed by atoms with Crippen LogP contribution < -0.4 is 0 Å². The minimum Gasteiger partial charge on any atom is -0.295 e. The Bertz CT molecular complexity index is 2800. The highest BCUT2D eigenvalue weighted by atomic mass is 15.1. The maximum atomic E-state index is 5.42. The van der Waals surface area contributed by atoms with Gasteiger partial charge in [-0.2, -0.15) is 0 Å². The molecule has 9 aromatic rings. The molecule has 4 heteroatoms. The number of para-hydroxylation sites is 3.